The number of nitrogens with one attached hydrogen (secondary N) is 1. The van der Waals surface area contributed by atoms with Crippen molar-refractivity contribution in [3.05, 3.63) is 82.9 Å². The van der Waals surface area contributed by atoms with Crippen LogP contribution in [0.25, 0.3) is 16.8 Å². The number of nitriles is 2. The van der Waals surface area contributed by atoms with E-state index in [0.717, 1.165) is 29.2 Å². The van der Waals surface area contributed by atoms with E-state index in [1.807, 2.05) is 54.6 Å². The summed E-state index contributed by atoms with van der Waals surface area (Å²) in [6.45, 7) is 1.27. The van der Waals surface area contributed by atoms with Crippen LogP contribution < -0.4 is 10.1 Å². The van der Waals surface area contributed by atoms with Gasteiger partial charge in [-0.25, -0.2) is 0 Å². The highest BCUT2D eigenvalue weighted by Gasteiger charge is 2.18. The van der Waals surface area contributed by atoms with E-state index in [1.165, 1.54) is 0 Å². The third-order valence-electron chi connectivity index (χ3n) is 5.62. The number of nitrogens with zero attached hydrogens (tertiary/aromatic N) is 2. The largest absolute Gasteiger partial charge is 0.488 e. The van der Waals surface area contributed by atoms with Crippen LogP contribution in [0, 0.1) is 22.7 Å². The summed E-state index contributed by atoms with van der Waals surface area (Å²) in [7, 11) is 0. The molecule has 1 N–H and O–H groups in total. The lowest BCUT2D eigenvalue weighted by molar-refractivity contribution is -0.117. The Hall–Kier alpha value is -4.13. The third kappa shape index (κ3) is 5.20. The van der Waals surface area contributed by atoms with Crippen molar-refractivity contribution in [3.8, 4) is 17.9 Å². The molecular formula is C27H23N3O3. The summed E-state index contributed by atoms with van der Waals surface area (Å²) in [5, 5.41) is 23.7. The molecule has 0 aromatic heterocycles. The molecule has 6 nitrogen and oxygen atoms in total. The molecule has 0 bridgehead atoms. The van der Waals surface area contributed by atoms with Gasteiger partial charge in [-0.1, -0.05) is 48.5 Å². The van der Waals surface area contributed by atoms with E-state index in [4.69, 9.17) is 9.47 Å². The SMILES string of the molecule is N#C/C(=C/c1c(OCc2ccccc2C#N)ccc2ccccc12)C(=O)NC[C@@H]1CCCO1. The highest BCUT2D eigenvalue weighted by atomic mass is 16.5. The molecule has 3 aromatic rings. The Kier molecular flexibility index (Phi) is 6.99. The van der Waals surface area contributed by atoms with Gasteiger partial charge in [-0.05, 0) is 41.8 Å². The average molecular weight is 437 g/mol. The summed E-state index contributed by atoms with van der Waals surface area (Å²) in [5.74, 6) is 0.0860. The van der Waals surface area contributed by atoms with Crippen molar-refractivity contribution in [1.29, 1.82) is 10.5 Å². The molecule has 0 unspecified atom stereocenters. The summed E-state index contributed by atoms with van der Waals surface area (Å²) in [6, 6.07) is 22.9. The smallest absolute Gasteiger partial charge is 0.262 e. The fourth-order valence-corrected chi connectivity index (χ4v) is 3.86. The van der Waals surface area contributed by atoms with Crippen LogP contribution in [0.3, 0.4) is 0 Å². The van der Waals surface area contributed by atoms with Gasteiger partial charge in [0, 0.05) is 24.3 Å². The first-order valence-corrected chi connectivity index (χ1v) is 10.8. The van der Waals surface area contributed by atoms with Crippen LogP contribution in [0.5, 0.6) is 5.75 Å². The normalized spacial score (nSPS) is 15.6. The molecule has 1 fully saturated rings. The number of carbonyl (C=O) groups is 1. The first-order valence-electron chi connectivity index (χ1n) is 10.8. The van der Waals surface area contributed by atoms with Gasteiger partial charge in [0.2, 0.25) is 0 Å². The minimum absolute atomic E-state index is 0.00775. The molecule has 1 atom stereocenters. The zero-order chi connectivity index (χ0) is 23.0. The highest BCUT2D eigenvalue weighted by molar-refractivity contribution is 6.05. The number of hydrogen-bond acceptors (Lipinski definition) is 5. The van der Waals surface area contributed by atoms with Gasteiger partial charge >= 0.3 is 0 Å². The Bertz CT molecular complexity index is 1280. The monoisotopic (exact) mass is 437 g/mol. The Balaban J connectivity index is 1.64. The molecule has 4 rings (SSSR count). The summed E-state index contributed by atoms with van der Waals surface area (Å²) in [4.78, 5) is 12.7. The van der Waals surface area contributed by atoms with E-state index < -0.39 is 5.91 Å². The van der Waals surface area contributed by atoms with E-state index in [1.54, 1.807) is 18.2 Å². The molecule has 0 aliphatic carbocycles. The first kappa shape index (κ1) is 22.1. The fourth-order valence-electron chi connectivity index (χ4n) is 3.86. The van der Waals surface area contributed by atoms with E-state index in [0.29, 0.717) is 30.0 Å². The number of rotatable bonds is 7. The van der Waals surface area contributed by atoms with Crippen LogP contribution in [-0.4, -0.2) is 25.2 Å². The molecule has 0 spiro atoms. The van der Waals surface area contributed by atoms with Crippen molar-refractivity contribution in [2.45, 2.75) is 25.6 Å². The summed E-state index contributed by atoms with van der Waals surface area (Å²) in [6.07, 6.45) is 3.44. The molecule has 164 valence electrons. The molecule has 0 saturated carbocycles. The van der Waals surface area contributed by atoms with Gasteiger partial charge in [-0.2, -0.15) is 10.5 Å². The van der Waals surface area contributed by atoms with Crippen LogP contribution in [0.2, 0.25) is 0 Å². The quantitative estimate of drug-likeness (QED) is 0.434. The average Bonchev–Trinajstić information content (AvgIpc) is 3.38. The summed E-state index contributed by atoms with van der Waals surface area (Å²) >= 11 is 0. The zero-order valence-electron chi connectivity index (χ0n) is 18.1. The lowest BCUT2D eigenvalue weighted by atomic mass is 10.0. The van der Waals surface area contributed by atoms with Crippen molar-refractivity contribution >= 4 is 22.8 Å². The Morgan fingerprint density at radius 2 is 1.94 bits per heavy atom. The molecule has 1 aliphatic rings. The lowest BCUT2D eigenvalue weighted by Gasteiger charge is -2.14. The molecule has 1 saturated heterocycles. The topological polar surface area (TPSA) is 95.1 Å². The van der Waals surface area contributed by atoms with Crippen LogP contribution in [-0.2, 0) is 16.1 Å². The fraction of sp³-hybridized carbons (Fsp3) is 0.222. The third-order valence-corrected chi connectivity index (χ3v) is 5.62. The predicted octanol–water partition coefficient (Wildman–Crippen LogP) is 4.49. The second-order valence-corrected chi connectivity index (χ2v) is 7.77. The number of amides is 1. The second-order valence-electron chi connectivity index (χ2n) is 7.77. The maximum atomic E-state index is 12.7. The lowest BCUT2D eigenvalue weighted by Crippen LogP contribution is -2.32. The van der Waals surface area contributed by atoms with Crippen molar-refractivity contribution < 1.29 is 14.3 Å². The molecular weight excluding hydrogens is 414 g/mol. The molecule has 33 heavy (non-hydrogen) atoms. The standard InChI is InChI=1S/C27H23N3O3/c28-15-20-7-1-2-8-21(20)18-33-26-12-11-19-6-3-4-10-24(19)25(26)14-22(16-29)27(31)30-17-23-9-5-13-32-23/h1-4,6-8,10-12,14,23H,5,9,13,17-18H2,(H,30,31)/b22-14-/t23-/m0/s1. The van der Waals surface area contributed by atoms with Crippen molar-refractivity contribution in [3.63, 3.8) is 0 Å². The summed E-state index contributed by atoms with van der Waals surface area (Å²) < 4.78 is 11.6. The molecule has 6 heteroatoms. The van der Waals surface area contributed by atoms with Gasteiger partial charge in [-0.3, -0.25) is 4.79 Å². The molecule has 1 heterocycles. The first-order chi connectivity index (χ1) is 16.2. The van der Waals surface area contributed by atoms with E-state index in [9.17, 15) is 15.3 Å². The maximum absolute atomic E-state index is 12.7. The zero-order valence-corrected chi connectivity index (χ0v) is 18.1. The Morgan fingerprint density at radius 1 is 1.12 bits per heavy atom. The number of benzene rings is 3. The number of carbonyl (C=O) groups excluding carboxylic acids is 1. The predicted molar refractivity (Wildman–Crippen MR) is 125 cm³/mol. The summed E-state index contributed by atoms with van der Waals surface area (Å²) in [5.41, 5.74) is 1.94. The van der Waals surface area contributed by atoms with Crippen LogP contribution >= 0.6 is 0 Å². The minimum atomic E-state index is -0.443. The Morgan fingerprint density at radius 3 is 2.73 bits per heavy atom. The molecule has 1 amide bonds. The van der Waals surface area contributed by atoms with Crippen molar-refractivity contribution in [2.75, 3.05) is 13.2 Å². The second kappa shape index (κ2) is 10.5. The van der Waals surface area contributed by atoms with Crippen LogP contribution in [0.4, 0.5) is 0 Å². The van der Waals surface area contributed by atoms with Gasteiger partial charge < -0.3 is 14.8 Å². The Labute approximate surface area is 192 Å². The molecule has 1 aliphatic heterocycles. The van der Waals surface area contributed by atoms with Crippen molar-refractivity contribution in [2.24, 2.45) is 0 Å². The molecule has 3 aromatic carbocycles. The van der Waals surface area contributed by atoms with E-state index >= 15 is 0 Å². The van der Waals surface area contributed by atoms with Gasteiger partial charge in [0.15, 0.2) is 0 Å². The highest BCUT2D eigenvalue weighted by Crippen LogP contribution is 2.31. The molecule has 0 radical (unpaired) electrons. The van der Waals surface area contributed by atoms with Crippen molar-refractivity contribution in [1.82, 2.24) is 5.32 Å². The van der Waals surface area contributed by atoms with E-state index in [2.05, 4.69) is 11.4 Å². The number of ether oxygens (including phenoxy) is 2. The number of fused-ring (bicyclic) bond motifs is 1. The van der Waals surface area contributed by atoms with Gasteiger partial charge in [-0.15, -0.1) is 0 Å². The maximum Gasteiger partial charge on any atom is 0.262 e. The number of hydrogen-bond donors (Lipinski definition) is 1. The van der Waals surface area contributed by atoms with Gasteiger partial charge in [0.05, 0.1) is 17.7 Å². The van der Waals surface area contributed by atoms with Crippen LogP contribution in [0.15, 0.2) is 66.2 Å². The van der Waals surface area contributed by atoms with Gasteiger partial charge in [0.25, 0.3) is 5.91 Å². The van der Waals surface area contributed by atoms with E-state index in [-0.39, 0.29) is 18.3 Å². The van der Waals surface area contributed by atoms with Crippen LogP contribution in [0.1, 0.15) is 29.5 Å². The minimum Gasteiger partial charge on any atom is -0.488 e. The van der Waals surface area contributed by atoms with Gasteiger partial charge in [0.1, 0.15) is 24.0 Å².